The van der Waals surface area contributed by atoms with E-state index < -0.39 is 0 Å². The molecule has 1 aromatic carbocycles. The number of hydrogen-bond donors (Lipinski definition) is 3. The highest BCUT2D eigenvalue weighted by Gasteiger charge is 2.07. The number of oxazole rings is 1. The number of benzene rings is 1. The first-order chi connectivity index (χ1) is 11.5. The molecule has 0 fully saturated rings. The fourth-order valence-corrected chi connectivity index (χ4v) is 2.10. The molecule has 130 valence electrons. The van der Waals surface area contributed by atoms with E-state index in [1.54, 1.807) is 25.3 Å². The van der Waals surface area contributed by atoms with Crippen molar-refractivity contribution < 1.29 is 14.3 Å². The quantitative estimate of drug-likeness (QED) is 0.555. The first-order valence-electron chi connectivity index (χ1n) is 7.84. The first kappa shape index (κ1) is 17.7. The summed E-state index contributed by atoms with van der Waals surface area (Å²) in [5, 5.41) is 16.2. The monoisotopic (exact) mass is 332 g/mol. The number of phenolic OH excluding ortho intramolecular Hbond substituents is 1. The summed E-state index contributed by atoms with van der Waals surface area (Å²) in [6, 6.07) is 5.07. The number of methoxy groups -OCH3 is 1. The van der Waals surface area contributed by atoms with E-state index in [-0.39, 0.29) is 5.75 Å². The molecular weight excluding hydrogens is 308 g/mol. The minimum Gasteiger partial charge on any atom is -0.508 e. The molecule has 0 aliphatic carbocycles. The van der Waals surface area contributed by atoms with Crippen molar-refractivity contribution in [2.45, 2.75) is 33.9 Å². The number of phenols is 1. The van der Waals surface area contributed by atoms with Crippen molar-refractivity contribution in [1.29, 1.82) is 0 Å². The Morgan fingerprint density at radius 1 is 1.33 bits per heavy atom. The number of guanidine groups is 1. The van der Waals surface area contributed by atoms with Gasteiger partial charge in [0.15, 0.2) is 5.96 Å². The lowest BCUT2D eigenvalue weighted by Gasteiger charge is -2.10. The van der Waals surface area contributed by atoms with Gasteiger partial charge in [-0.2, -0.15) is 0 Å². The van der Waals surface area contributed by atoms with Crippen LogP contribution in [-0.4, -0.2) is 29.7 Å². The molecule has 0 saturated carbocycles. The second-order valence-electron chi connectivity index (χ2n) is 5.29. The van der Waals surface area contributed by atoms with Gasteiger partial charge in [-0.15, -0.1) is 0 Å². The summed E-state index contributed by atoms with van der Waals surface area (Å²) in [5.74, 6) is 2.92. The van der Waals surface area contributed by atoms with Crippen molar-refractivity contribution in [3.8, 4) is 11.5 Å². The average molecular weight is 332 g/mol. The van der Waals surface area contributed by atoms with E-state index in [1.807, 2.05) is 20.8 Å². The Kier molecular flexibility index (Phi) is 6.06. The normalized spacial score (nSPS) is 11.4. The van der Waals surface area contributed by atoms with Crippen molar-refractivity contribution in [2.75, 3.05) is 13.7 Å². The average Bonchev–Trinajstić information content (AvgIpc) is 2.89. The van der Waals surface area contributed by atoms with Crippen LogP contribution in [0.15, 0.2) is 27.6 Å². The number of nitrogens with one attached hydrogen (secondary N) is 2. The second-order valence-corrected chi connectivity index (χ2v) is 5.29. The topological polar surface area (TPSA) is 91.9 Å². The molecule has 2 aromatic rings. The van der Waals surface area contributed by atoms with Gasteiger partial charge in [-0.05, 0) is 39.0 Å². The summed E-state index contributed by atoms with van der Waals surface area (Å²) in [4.78, 5) is 8.80. The molecule has 7 heteroatoms. The number of aliphatic imine (C=N–C) groups is 1. The Hall–Kier alpha value is -2.70. The molecular formula is C17H24N4O3. The molecule has 0 spiro atoms. The number of aromatic hydroxyl groups is 1. The molecule has 7 nitrogen and oxygen atoms in total. The van der Waals surface area contributed by atoms with Crippen LogP contribution in [0.2, 0.25) is 0 Å². The van der Waals surface area contributed by atoms with E-state index in [0.29, 0.717) is 36.3 Å². The molecule has 2 rings (SSSR count). The lowest BCUT2D eigenvalue weighted by atomic mass is 10.2. The molecule has 3 N–H and O–H groups in total. The van der Waals surface area contributed by atoms with Crippen LogP contribution >= 0.6 is 0 Å². The van der Waals surface area contributed by atoms with Crippen molar-refractivity contribution in [3.63, 3.8) is 0 Å². The number of aromatic nitrogens is 1. The Labute approximate surface area is 141 Å². The zero-order chi connectivity index (χ0) is 17.5. The molecule has 0 aliphatic heterocycles. The van der Waals surface area contributed by atoms with Gasteiger partial charge in [-0.25, -0.2) is 9.98 Å². The molecule has 0 aliphatic rings. The summed E-state index contributed by atoms with van der Waals surface area (Å²) in [7, 11) is 1.59. The van der Waals surface area contributed by atoms with Crippen LogP contribution in [0.1, 0.15) is 29.8 Å². The van der Waals surface area contributed by atoms with Crippen LogP contribution in [0.4, 0.5) is 0 Å². The van der Waals surface area contributed by atoms with E-state index in [9.17, 15) is 5.11 Å². The fraction of sp³-hybridized carbons (Fsp3) is 0.412. The molecule has 24 heavy (non-hydrogen) atoms. The fourth-order valence-electron chi connectivity index (χ4n) is 2.10. The van der Waals surface area contributed by atoms with Gasteiger partial charge >= 0.3 is 0 Å². The van der Waals surface area contributed by atoms with Crippen LogP contribution < -0.4 is 15.4 Å². The lowest BCUT2D eigenvalue weighted by Crippen LogP contribution is -2.36. The molecule has 0 amide bonds. The molecule has 0 bridgehead atoms. The Bertz CT molecular complexity index is 690. The van der Waals surface area contributed by atoms with Crippen LogP contribution in [-0.2, 0) is 13.1 Å². The number of nitrogens with zero attached hydrogens (tertiary/aromatic N) is 2. The highest BCUT2D eigenvalue weighted by Crippen LogP contribution is 2.23. The summed E-state index contributed by atoms with van der Waals surface area (Å²) in [5.41, 5.74) is 1.57. The van der Waals surface area contributed by atoms with Gasteiger partial charge in [0.25, 0.3) is 0 Å². The number of hydrogen-bond acceptors (Lipinski definition) is 5. The Morgan fingerprint density at radius 2 is 2.12 bits per heavy atom. The summed E-state index contributed by atoms with van der Waals surface area (Å²) < 4.78 is 10.7. The SMILES string of the molecule is CCNC(=NCc1cc(OC)ccc1O)NCc1nc(C)c(C)o1. The number of rotatable bonds is 6. The number of ether oxygens (including phenoxy) is 1. The van der Waals surface area contributed by atoms with E-state index in [4.69, 9.17) is 9.15 Å². The van der Waals surface area contributed by atoms with E-state index in [1.165, 1.54) is 0 Å². The second kappa shape index (κ2) is 8.24. The van der Waals surface area contributed by atoms with Gasteiger partial charge in [0.2, 0.25) is 5.89 Å². The van der Waals surface area contributed by atoms with Crippen LogP contribution in [0, 0.1) is 13.8 Å². The van der Waals surface area contributed by atoms with E-state index in [0.717, 1.165) is 18.0 Å². The third-order valence-electron chi connectivity index (χ3n) is 3.52. The van der Waals surface area contributed by atoms with E-state index in [2.05, 4.69) is 20.6 Å². The molecule has 0 atom stereocenters. The Balaban J connectivity index is 2.04. The maximum Gasteiger partial charge on any atom is 0.214 e. The highest BCUT2D eigenvalue weighted by molar-refractivity contribution is 5.79. The summed E-state index contributed by atoms with van der Waals surface area (Å²) in [6.07, 6.45) is 0. The van der Waals surface area contributed by atoms with E-state index >= 15 is 0 Å². The highest BCUT2D eigenvalue weighted by atomic mass is 16.5. The number of aryl methyl sites for hydroxylation is 2. The minimum atomic E-state index is 0.189. The minimum absolute atomic E-state index is 0.189. The van der Waals surface area contributed by atoms with Crippen LogP contribution in [0.3, 0.4) is 0 Å². The molecule has 1 aromatic heterocycles. The third-order valence-corrected chi connectivity index (χ3v) is 3.52. The smallest absolute Gasteiger partial charge is 0.214 e. The van der Waals surface area contributed by atoms with Crippen molar-refractivity contribution in [3.05, 3.63) is 41.1 Å². The van der Waals surface area contributed by atoms with Gasteiger partial charge in [-0.3, -0.25) is 0 Å². The van der Waals surface area contributed by atoms with Crippen molar-refractivity contribution in [1.82, 2.24) is 15.6 Å². The lowest BCUT2D eigenvalue weighted by molar-refractivity contribution is 0.411. The van der Waals surface area contributed by atoms with Crippen LogP contribution in [0.25, 0.3) is 0 Å². The molecule has 0 radical (unpaired) electrons. The van der Waals surface area contributed by atoms with Crippen molar-refractivity contribution >= 4 is 5.96 Å². The summed E-state index contributed by atoms with van der Waals surface area (Å²) >= 11 is 0. The van der Waals surface area contributed by atoms with Gasteiger partial charge < -0.3 is 24.9 Å². The van der Waals surface area contributed by atoms with Gasteiger partial charge in [0.05, 0.1) is 25.9 Å². The van der Waals surface area contributed by atoms with Gasteiger partial charge in [0.1, 0.15) is 17.3 Å². The maximum absolute atomic E-state index is 9.92. The van der Waals surface area contributed by atoms with Gasteiger partial charge in [-0.1, -0.05) is 0 Å². The molecule has 0 saturated heterocycles. The maximum atomic E-state index is 9.92. The first-order valence-corrected chi connectivity index (χ1v) is 7.84. The zero-order valence-corrected chi connectivity index (χ0v) is 14.5. The molecule has 0 unspecified atom stereocenters. The summed E-state index contributed by atoms with van der Waals surface area (Å²) in [6.45, 7) is 7.26. The zero-order valence-electron chi connectivity index (χ0n) is 14.5. The predicted octanol–water partition coefficient (Wildman–Crippen LogP) is 2.26. The molecule has 1 heterocycles. The van der Waals surface area contributed by atoms with Crippen molar-refractivity contribution in [2.24, 2.45) is 4.99 Å². The predicted molar refractivity (Wildman–Crippen MR) is 92.3 cm³/mol. The Morgan fingerprint density at radius 3 is 2.75 bits per heavy atom. The van der Waals surface area contributed by atoms with Crippen LogP contribution in [0.5, 0.6) is 11.5 Å². The van der Waals surface area contributed by atoms with Gasteiger partial charge in [0, 0.05) is 12.1 Å². The largest absolute Gasteiger partial charge is 0.508 e. The standard InChI is InChI=1S/C17H24N4O3/c1-5-18-17(20-10-16-21-11(2)12(3)24-16)19-9-13-8-14(23-4)6-7-15(13)22/h6-8,22H,5,9-10H2,1-4H3,(H2,18,19,20). The third kappa shape index (κ3) is 4.65.